The molecule has 1 heterocycles. The molecule has 0 amide bonds. The molecule has 0 bridgehead atoms. The van der Waals surface area contributed by atoms with Gasteiger partial charge in [0.15, 0.2) is 5.79 Å². The molecular formula is C24H45NO2. The maximum Gasteiger partial charge on any atom is 0.171 e. The molecule has 27 heavy (non-hydrogen) atoms. The lowest BCUT2D eigenvalue weighted by Gasteiger charge is -2.46. The molecule has 1 saturated heterocycles. The average molecular weight is 380 g/mol. The monoisotopic (exact) mass is 379 g/mol. The number of hydrogen-bond acceptors (Lipinski definition) is 3. The lowest BCUT2D eigenvalue weighted by Crippen LogP contribution is -2.47. The summed E-state index contributed by atoms with van der Waals surface area (Å²) in [6.07, 6.45) is 13.4. The molecule has 3 aliphatic rings. The molecule has 4 unspecified atom stereocenters. The van der Waals surface area contributed by atoms with Gasteiger partial charge in [-0.1, -0.05) is 60.3 Å². The standard InChI is InChI=1S/C24H45NO2/c1-6-14-23(4,5)20-13-15-24(19(3)16-20)26-18-22(27-24)17-25(7-2)21-11-9-8-10-12-21/h19-22H,6-18H2,1-5H3. The smallest absolute Gasteiger partial charge is 0.171 e. The van der Waals surface area contributed by atoms with Crippen LogP contribution < -0.4 is 0 Å². The maximum atomic E-state index is 6.68. The van der Waals surface area contributed by atoms with E-state index in [0.29, 0.717) is 11.3 Å². The van der Waals surface area contributed by atoms with Gasteiger partial charge in [0.1, 0.15) is 0 Å². The predicted octanol–water partition coefficient (Wildman–Crippen LogP) is 6.02. The van der Waals surface area contributed by atoms with Gasteiger partial charge in [0.05, 0.1) is 12.7 Å². The molecule has 2 saturated carbocycles. The lowest BCUT2D eigenvalue weighted by molar-refractivity contribution is -0.229. The Bertz CT molecular complexity index is 459. The van der Waals surface area contributed by atoms with Crippen molar-refractivity contribution in [3.63, 3.8) is 0 Å². The number of nitrogens with zero attached hydrogens (tertiary/aromatic N) is 1. The Morgan fingerprint density at radius 1 is 1.07 bits per heavy atom. The maximum absolute atomic E-state index is 6.68. The summed E-state index contributed by atoms with van der Waals surface area (Å²) < 4.78 is 13.1. The fourth-order valence-corrected chi connectivity index (χ4v) is 6.21. The first-order chi connectivity index (χ1) is 12.9. The van der Waals surface area contributed by atoms with Crippen LogP contribution in [0.3, 0.4) is 0 Å². The van der Waals surface area contributed by atoms with Crippen molar-refractivity contribution in [2.45, 2.75) is 117 Å². The Morgan fingerprint density at radius 2 is 1.81 bits per heavy atom. The summed E-state index contributed by atoms with van der Waals surface area (Å²) in [5.74, 6) is 1.01. The molecule has 1 aliphatic heterocycles. The summed E-state index contributed by atoms with van der Waals surface area (Å²) in [5, 5.41) is 0. The van der Waals surface area contributed by atoms with Crippen molar-refractivity contribution in [3.05, 3.63) is 0 Å². The quantitative estimate of drug-likeness (QED) is 0.540. The topological polar surface area (TPSA) is 21.7 Å². The minimum absolute atomic E-state index is 0.259. The molecule has 0 aromatic heterocycles. The molecule has 4 atom stereocenters. The molecular weight excluding hydrogens is 334 g/mol. The fourth-order valence-electron chi connectivity index (χ4n) is 6.21. The molecule has 0 aromatic carbocycles. The van der Waals surface area contributed by atoms with Crippen molar-refractivity contribution in [1.29, 1.82) is 0 Å². The van der Waals surface area contributed by atoms with Crippen LogP contribution in [0.1, 0.15) is 98.8 Å². The summed E-state index contributed by atoms with van der Waals surface area (Å²) in [4.78, 5) is 2.67. The highest BCUT2D eigenvalue weighted by Crippen LogP contribution is 2.50. The zero-order chi connectivity index (χ0) is 19.5. The van der Waals surface area contributed by atoms with E-state index in [9.17, 15) is 0 Å². The van der Waals surface area contributed by atoms with Crippen molar-refractivity contribution >= 4 is 0 Å². The van der Waals surface area contributed by atoms with Gasteiger partial charge in [0.25, 0.3) is 0 Å². The molecule has 0 radical (unpaired) electrons. The lowest BCUT2D eigenvalue weighted by atomic mass is 9.65. The average Bonchev–Trinajstić information content (AvgIpc) is 3.06. The van der Waals surface area contributed by atoms with Crippen LogP contribution in [-0.4, -0.2) is 42.5 Å². The van der Waals surface area contributed by atoms with E-state index in [-0.39, 0.29) is 11.9 Å². The molecule has 158 valence electrons. The van der Waals surface area contributed by atoms with Crippen LogP contribution in [-0.2, 0) is 9.47 Å². The summed E-state index contributed by atoms with van der Waals surface area (Å²) in [5.41, 5.74) is 0.447. The van der Waals surface area contributed by atoms with E-state index < -0.39 is 0 Å². The van der Waals surface area contributed by atoms with Gasteiger partial charge in [-0.2, -0.15) is 0 Å². The van der Waals surface area contributed by atoms with Gasteiger partial charge >= 0.3 is 0 Å². The predicted molar refractivity (Wildman–Crippen MR) is 113 cm³/mol. The van der Waals surface area contributed by atoms with E-state index in [1.165, 1.54) is 57.8 Å². The summed E-state index contributed by atoms with van der Waals surface area (Å²) in [7, 11) is 0. The Balaban J connectivity index is 1.55. The minimum Gasteiger partial charge on any atom is -0.347 e. The van der Waals surface area contributed by atoms with Gasteiger partial charge in [-0.25, -0.2) is 0 Å². The molecule has 2 aliphatic carbocycles. The second-order valence-electron chi connectivity index (χ2n) is 10.4. The zero-order valence-electron chi connectivity index (χ0n) is 18.8. The first kappa shape index (κ1) is 21.6. The third-order valence-electron chi connectivity index (χ3n) is 8.04. The van der Waals surface area contributed by atoms with Crippen LogP contribution in [0.25, 0.3) is 0 Å². The normalized spacial score (nSPS) is 36.0. The van der Waals surface area contributed by atoms with E-state index in [1.54, 1.807) is 0 Å². The number of likely N-dealkylation sites (N-methyl/N-ethyl adjacent to an activating group) is 1. The Kier molecular flexibility index (Phi) is 7.30. The Labute approximate surface area is 168 Å². The SMILES string of the molecule is CCCC(C)(C)C1CCC2(OCC(CN(CC)C3CCCCC3)O2)C(C)C1. The van der Waals surface area contributed by atoms with Crippen LogP contribution in [0.4, 0.5) is 0 Å². The van der Waals surface area contributed by atoms with E-state index in [4.69, 9.17) is 9.47 Å². The second kappa shape index (κ2) is 9.13. The largest absolute Gasteiger partial charge is 0.347 e. The van der Waals surface area contributed by atoms with E-state index >= 15 is 0 Å². The van der Waals surface area contributed by atoms with Crippen LogP contribution in [0, 0.1) is 17.3 Å². The zero-order valence-corrected chi connectivity index (χ0v) is 18.8. The first-order valence-corrected chi connectivity index (χ1v) is 12.0. The van der Waals surface area contributed by atoms with Gasteiger partial charge in [-0.15, -0.1) is 0 Å². The van der Waals surface area contributed by atoms with Gasteiger partial charge < -0.3 is 9.47 Å². The van der Waals surface area contributed by atoms with E-state index in [1.807, 2.05) is 0 Å². The Morgan fingerprint density at radius 3 is 2.44 bits per heavy atom. The number of rotatable bonds is 7. The van der Waals surface area contributed by atoms with Gasteiger partial charge in [0.2, 0.25) is 0 Å². The van der Waals surface area contributed by atoms with Crippen molar-refractivity contribution in [1.82, 2.24) is 4.90 Å². The second-order valence-corrected chi connectivity index (χ2v) is 10.4. The highest BCUT2D eigenvalue weighted by atomic mass is 16.7. The third-order valence-corrected chi connectivity index (χ3v) is 8.04. The van der Waals surface area contributed by atoms with Gasteiger partial charge in [-0.3, -0.25) is 4.90 Å². The van der Waals surface area contributed by atoms with E-state index in [0.717, 1.165) is 38.1 Å². The van der Waals surface area contributed by atoms with Gasteiger partial charge in [-0.05, 0) is 50.0 Å². The van der Waals surface area contributed by atoms with Crippen molar-refractivity contribution in [2.24, 2.45) is 17.3 Å². The summed E-state index contributed by atoms with van der Waals surface area (Å²) in [6, 6.07) is 0.770. The van der Waals surface area contributed by atoms with Crippen LogP contribution in [0.15, 0.2) is 0 Å². The minimum atomic E-state index is -0.296. The first-order valence-electron chi connectivity index (χ1n) is 12.0. The van der Waals surface area contributed by atoms with Crippen LogP contribution in [0.5, 0.6) is 0 Å². The number of hydrogen-bond donors (Lipinski definition) is 0. The highest BCUT2D eigenvalue weighted by molar-refractivity contribution is 4.94. The summed E-state index contributed by atoms with van der Waals surface area (Å²) in [6.45, 7) is 14.9. The highest BCUT2D eigenvalue weighted by Gasteiger charge is 2.51. The molecule has 3 fully saturated rings. The van der Waals surface area contributed by atoms with E-state index in [2.05, 4.69) is 39.5 Å². The molecule has 0 N–H and O–H groups in total. The molecule has 1 spiro atoms. The third kappa shape index (κ3) is 4.90. The van der Waals surface area contributed by atoms with Crippen LogP contribution in [0.2, 0.25) is 0 Å². The van der Waals surface area contributed by atoms with Crippen molar-refractivity contribution < 1.29 is 9.47 Å². The van der Waals surface area contributed by atoms with Crippen LogP contribution >= 0.6 is 0 Å². The van der Waals surface area contributed by atoms with Crippen molar-refractivity contribution in [3.8, 4) is 0 Å². The number of ether oxygens (including phenoxy) is 2. The molecule has 3 heteroatoms. The molecule has 3 rings (SSSR count). The van der Waals surface area contributed by atoms with Gasteiger partial charge in [0, 0.05) is 24.9 Å². The van der Waals surface area contributed by atoms with Crippen molar-refractivity contribution in [2.75, 3.05) is 19.7 Å². The Hall–Kier alpha value is -0.120. The molecule has 0 aromatic rings. The summed E-state index contributed by atoms with van der Waals surface area (Å²) >= 11 is 0. The molecule has 3 nitrogen and oxygen atoms in total. The fraction of sp³-hybridized carbons (Fsp3) is 1.00.